The Balaban J connectivity index is 1.39. The average molecular weight is 504 g/mol. The van der Waals surface area contributed by atoms with Crippen molar-refractivity contribution >= 4 is 40.9 Å². The fourth-order valence-corrected chi connectivity index (χ4v) is 5.83. The molecule has 1 fully saturated rings. The third kappa shape index (κ3) is 5.93. The predicted octanol–water partition coefficient (Wildman–Crippen LogP) is 5.50. The Morgan fingerprint density at radius 3 is 2.79 bits per heavy atom. The van der Waals surface area contributed by atoms with Gasteiger partial charge < -0.3 is 15.1 Å². The minimum Gasteiger partial charge on any atom is -0.352 e. The number of carbonyl (C=O) groups is 2. The number of anilines is 1. The number of benzene rings is 2. The van der Waals surface area contributed by atoms with Gasteiger partial charge >= 0.3 is 0 Å². The van der Waals surface area contributed by atoms with Gasteiger partial charge in [-0.05, 0) is 63.2 Å². The van der Waals surface area contributed by atoms with Crippen molar-refractivity contribution in [3.63, 3.8) is 0 Å². The number of thioether (sulfide) groups is 1. The van der Waals surface area contributed by atoms with E-state index >= 15 is 0 Å². The molecule has 34 heavy (non-hydrogen) atoms. The maximum Gasteiger partial charge on any atom is 0.251 e. The first-order valence-electron chi connectivity index (χ1n) is 11.9. The molecule has 1 heterocycles. The average Bonchev–Trinajstić information content (AvgIpc) is 2.85. The highest BCUT2D eigenvalue weighted by Gasteiger charge is 2.27. The van der Waals surface area contributed by atoms with E-state index in [1.807, 2.05) is 6.07 Å². The van der Waals surface area contributed by atoms with Crippen LogP contribution in [0.1, 0.15) is 54.4 Å². The van der Waals surface area contributed by atoms with Crippen LogP contribution in [0.25, 0.3) is 0 Å². The predicted molar refractivity (Wildman–Crippen MR) is 136 cm³/mol. The largest absolute Gasteiger partial charge is 0.352 e. The quantitative estimate of drug-likeness (QED) is 0.483. The number of nitrogens with one attached hydrogen (secondary N) is 1. The van der Waals surface area contributed by atoms with Gasteiger partial charge in [0.1, 0.15) is 5.82 Å². The van der Waals surface area contributed by atoms with Crippen LogP contribution in [-0.2, 0) is 11.3 Å². The first kappa shape index (κ1) is 25.0. The fraction of sp³-hybridized carbons (Fsp3) is 0.462. The minimum absolute atomic E-state index is 0.0243. The third-order valence-corrected chi connectivity index (χ3v) is 8.11. The van der Waals surface area contributed by atoms with Crippen molar-refractivity contribution in [1.29, 1.82) is 0 Å². The molecule has 1 saturated carbocycles. The van der Waals surface area contributed by atoms with Crippen molar-refractivity contribution in [2.45, 2.75) is 56.0 Å². The van der Waals surface area contributed by atoms with Crippen LogP contribution in [0.15, 0.2) is 41.3 Å². The van der Waals surface area contributed by atoms with Gasteiger partial charge in [0.2, 0.25) is 5.91 Å². The van der Waals surface area contributed by atoms with E-state index in [1.54, 1.807) is 24.3 Å². The summed E-state index contributed by atoms with van der Waals surface area (Å²) in [6.45, 7) is 1.57. The summed E-state index contributed by atoms with van der Waals surface area (Å²) in [5.41, 5.74) is 1.37. The summed E-state index contributed by atoms with van der Waals surface area (Å²) in [7, 11) is 2.17. The van der Waals surface area contributed by atoms with Crippen molar-refractivity contribution in [2.75, 3.05) is 30.8 Å². The molecular weight excluding hydrogens is 473 g/mol. The second kappa shape index (κ2) is 11.6. The van der Waals surface area contributed by atoms with Gasteiger partial charge in [-0.25, -0.2) is 4.39 Å². The zero-order valence-electron chi connectivity index (χ0n) is 19.5. The van der Waals surface area contributed by atoms with Gasteiger partial charge in [0, 0.05) is 33.6 Å². The number of halogens is 2. The Bertz CT molecular complexity index is 1020. The zero-order valence-corrected chi connectivity index (χ0v) is 21.1. The molecule has 182 valence electrons. The van der Waals surface area contributed by atoms with Crippen LogP contribution in [-0.4, -0.2) is 48.6 Å². The van der Waals surface area contributed by atoms with Crippen molar-refractivity contribution < 1.29 is 14.0 Å². The Hall–Kier alpha value is -2.09. The van der Waals surface area contributed by atoms with Crippen molar-refractivity contribution in [3.05, 3.63) is 58.4 Å². The number of fused-ring (bicyclic) bond motifs is 1. The number of amides is 2. The van der Waals surface area contributed by atoms with Crippen LogP contribution in [0.3, 0.4) is 0 Å². The highest BCUT2D eigenvalue weighted by Crippen LogP contribution is 2.37. The maximum absolute atomic E-state index is 14.4. The van der Waals surface area contributed by atoms with Crippen LogP contribution in [0.5, 0.6) is 0 Å². The molecule has 5 nitrogen and oxygen atoms in total. The number of rotatable bonds is 8. The van der Waals surface area contributed by atoms with Gasteiger partial charge in [-0.1, -0.05) is 36.9 Å². The third-order valence-electron chi connectivity index (χ3n) is 6.71. The molecule has 1 N–H and O–H groups in total. The first-order valence-corrected chi connectivity index (χ1v) is 13.3. The molecule has 0 radical (unpaired) electrons. The molecule has 8 heteroatoms. The normalized spacial score (nSPS) is 16.6. The minimum atomic E-state index is -0.452. The standard InChI is InChI=1S/C26H31ClFN3O2S/c1-30(19-7-3-2-4-8-19)14-6-13-29-26(33)18-11-12-24-23(15-18)31(25(32)17-34-24)16-20-21(27)9-5-10-22(20)28/h5,9-12,15,19H,2-4,6-8,13-14,16-17H2,1H3,(H,29,33). The number of carbonyl (C=O) groups excluding carboxylic acids is 2. The molecule has 4 rings (SSSR count). The summed E-state index contributed by atoms with van der Waals surface area (Å²) in [6, 6.07) is 10.5. The highest BCUT2D eigenvalue weighted by molar-refractivity contribution is 8.00. The van der Waals surface area contributed by atoms with Crippen LogP contribution in [0.4, 0.5) is 10.1 Å². The lowest BCUT2D eigenvalue weighted by molar-refractivity contribution is -0.116. The zero-order chi connectivity index (χ0) is 24.1. The summed E-state index contributed by atoms with van der Waals surface area (Å²) in [4.78, 5) is 30.3. The molecule has 0 spiro atoms. The van der Waals surface area contributed by atoms with E-state index in [-0.39, 0.29) is 34.7 Å². The molecular formula is C26H31ClFN3O2S. The molecule has 0 saturated heterocycles. The van der Waals surface area contributed by atoms with E-state index in [0.717, 1.165) is 17.9 Å². The second-order valence-electron chi connectivity index (χ2n) is 9.03. The summed E-state index contributed by atoms with van der Waals surface area (Å²) < 4.78 is 14.4. The van der Waals surface area contributed by atoms with Crippen LogP contribution in [0.2, 0.25) is 5.02 Å². The molecule has 0 unspecified atom stereocenters. The Kier molecular flexibility index (Phi) is 8.51. The Morgan fingerprint density at radius 1 is 1.24 bits per heavy atom. The van der Waals surface area contributed by atoms with E-state index in [2.05, 4.69) is 17.3 Å². The SMILES string of the molecule is CN(CCCNC(=O)c1ccc2c(c1)N(Cc1c(F)cccc1Cl)C(=O)CS2)C1CCCCC1. The van der Waals surface area contributed by atoms with Crippen LogP contribution >= 0.6 is 23.4 Å². The van der Waals surface area contributed by atoms with Crippen LogP contribution < -0.4 is 10.2 Å². The molecule has 2 aromatic carbocycles. The van der Waals surface area contributed by atoms with Gasteiger partial charge in [-0.3, -0.25) is 9.59 Å². The summed E-state index contributed by atoms with van der Waals surface area (Å²) in [5, 5.41) is 3.28. The fourth-order valence-electron chi connectivity index (χ4n) is 4.70. The van der Waals surface area contributed by atoms with Crippen molar-refractivity contribution in [1.82, 2.24) is 10.2 Å². The first-order chi connectivity index (χ1) is 16.4. The van der Waals surface area contributed by atoms with Crippen LogP contribution in [0, 0.1) is 5.82 Å². The molecule has 1 aliphatic carbocycles. The molecule has 0 aromatic heterocycles. The van der Waals surface area contributed by atoms with E-state index in [9.17, 15) is 14.0 Å². The summed E-state index contributed by atoms with van der Waals surface area (Å²) in [5.74, 6) is -0.499. The number of nitrogens with zero attached hydrogens (tertiary/aromatic N) is 2. The van der Waals surface area contributed by atoms with Gasteiger partial charge in [0.05, 0.1) is 18.0 Å². The van der Waals surface area contributed by atoms with E-state index in [1.165, 1.54) is 54.8 Å². The summed E-state index contributed by atoms with van der Waals surface area (Å²) in [6.07, 6.45) is 7.38. The molecule has 0 atom stereocenters. The molecule has 0 bridgehead atoms. The lowest BCUT2D eigenvalue weighted by Gasteiger charge is -2.31. The van der Waals surface area contributed by atoms with Gasteiger partial charge in [0.15, 0.2) is 0 Å². The Morgan fingerprint density at radius 2 is 2.03 bits per heavy atom. The Labute approximate surface area is 210 Å². The molecule has 2 amide bonds. The van der Waals surface area contributed by atoms with Crippen molar-refractivity contribution in [2.24, 2.45) is 0 Å². The maximum atomic E-state index is 14.4. The summed E-state index contributed by atoms with van der Waals surface area (Å²) >= 11 is 7.62. The highest BCUT2D eigenvalue weighted by atomic mass is 35.5. The van der Waals surface area contributed by atoms with Gasteiger partial charge in [-0.2, -0.15) is 0 Å². The number of hydrogen-bond acceptors (Lipinski definition) is 4. The lowest BCUT2D eigenvalue weighted by atomic mass is 9.94. The lowest BCUT2D eigenvalue weighted by Crippen LogP contribution is -2.36. The molecule has 2 aliphatic rings. The van der Waals surface area contributed by atoms with E-state index < -0.39 is 5.82 Å². The van der Waals surface area contributed by atoms with Crippen molar-refractivity contribution in [3.8, 4) is 0 Å². The smallest absolute Gasteiger partial charge is 0.251 e. The molecule has 1 aliphatic heterocycles. The van der Waals surface area contributed by atoms with Gasteiger partial charge in [0.25, 0.3) is 5.91 Å². The van der Waals surface area contributed by atoms with E-state index in [4.69, 9.17) is 11.6 Å². The monoisotopic (exact) mass is 503 g/mol. The van der Waals surface area contributed by atoms with Gasteiger partial charge in [-0.15, -0.1) is 11.8 Å². The van der Waals surface area contributed by atoms with E-state index in [0.29, 0.717) is 23.8 Å². The topological polar surface area (TPSA) is 52.7 Å². The molecule has 2 aromatic rings. The second-order valence-corrected chi connectivity index (χ2v) is 10.5. The number of hydrogen-bond donors (Lipinski definition) is 1.